The number of benzene rings is 1. The molecule has 1 aromatic carbocycles. The van der Waals surface area contributed by atoms with Crippen molar-refractivity contribution in [1.29, 1.82) is 0 Å². The summed E-state index contributed by atoms with van der Waals surface area (Å²) in [6.07, 6.45) is 1.68. The van der Waals surface area contributed by atoms with Gasteiger partial charge in [-0.2, -0.15) is 0 Å². The quantitative estimate of drug-likeness (QED) is 0.879. The van der Waals surface area contributed by atoms with Gasteiger partial charge >= 0.3 is 0 Å². The Hall–Kier alpha value is -2.09. The fourth-order valence-electron chi connectivity index (χ4n) is 2.20. The fourth-order valence-corrected chi connectivity index (χ4v) is 2.20. The molecule has 0 amide bonds. The normalized spacial score (nSPS) is 10.5. The zero-order valence-electron chi connectivity index (χ0n) is 12.3. The molecule has 4 heteroatoms. The minimum atomic E-state index is -0.276. The van der Waals surface area contributed by atoms with Gasteiger partial charge in [-0.3, -0.25) is 4.90 Å². The smallest absolute Gasteiger partial charge is 0.124 e. The van der Waals surface area contributed by atoms with E-state index in [1.54, 1.807) is 6.26 Å². The summed E-state index contributed by atoms with van der Waals surface area (Å²) in [6, 6.07) is 6.80. The minimum absolute atomic E-state index is 0.269. The van der Waals surface area contributed by atoms with Gasteiger partial charge in [-0.1, -0.05) is 11.8 Å². The highest BCUT2D eigenvalue weighted by molar-refractivity contribution is 5.38. The zero-order valence-corrected chi connectivity index (χ0v) is 12.3. The number of rotatable bonds is 4. The number of nitrogens with two attached hydrogens (primary N) is 1. The van der Waals surface area contributed by atoms with E-state index in [-0.39, 0.29) is 12.4 Å². The van der Waals surface area contributed by atoms with Crippen LogP contribution < -0.4 is 5.73 Å². The van der Waals surface area contributed by atoms with Crippen LogP contribution in [0.25, 0.3) is 0 Å². The van der Waals surface area contributed by atoms with Crippen LogP contribution in [0.2, 0.25) is 0 Å². The topological polar surface area (TPSA) is 42.4 Å². The highest BCUT2D eigenvalue weighted by atomic mass is 19.1. The van der Waals surface area contributed by atoms with E-state index in [1.165, 1.54) is 12.1 Å². The van der Waals surface area contributed by atoms with Gasteiger partial charge in [0.1, 0.15) is 11.6 Å². The number of furan rings is 1. The Kier molecular flexibility index (Phi) is 5.15. The molecule has 2 rings (SSSR count). The molecule has 1 aromatic heterocycles. The van der Waals surface area contributed by atoms with Gasteiger partial charge in [-0.05, 0) is 43.8 Å². The molecule has 0 saturated carbocycles. The molecule has 0 fully saturated rings. The number of nitrogens with zero attached hydrogens (tertiary/aromatic N) is 1. The van der Waals surface area contributed by atoms with Crippen LogP contribution >= 0.6 is 0 Å². The number of aryl methyl sites for hydroxylation is 1. The van der Waals surface area contributed by atoms with Gasteiger partial charge in [-0.15, -0.1) is 0 Å². The second kappa shape index (κ2) is 7.07. The molecule has 0 spiro atoms. The van der Waals surface area contributed by atoms with Gasteiger partial charge in [-0.25, -0.2) is 4.39 Å². The van der Waals surface area contributed by atoms with Crippen molar-refractivity contribution in [1.82, 2.24) is 4.90 Å². The summed E-state index contributed by atoms with van der Waals surface area (Å²) in [5, 5.41) is 0. The van der Waals surface area contributed by atoms with Crippen molar-refractivity contribution in [3.05, 3.63) is 58.8 Å². The molecule has 0 saturated heterocycles. The van der Waals surface area contributed by atoms with E-state index in [0.717, 1.165) is 23.4 Å². The van der Waals surface area contributed by atoms with Crippen LogP contribution in [0.15, 0.2) is 34.9 Å². The molecule has 21 heavy (non-hydrogen) atoms. The SMILES string of the molecule is Cc1occc1CN(C)Cc1cc(F)cc(C#CCN)c1. The van der Waals surface area contributed by atoms with Crippen LogP contribution in [-0.2, 0) is 13.1 Å². The highest BCUT2D eigenvalue weighted by Gasteiger charge is 2.07. The van der Waals surface area contributed by atoms with E-state index in [0.29, 0.717) is 12.1 Å². The Morgan fingerprint density at radius 3 is 2.76 bits per heavy atom. The first kappa shape index (κ1) is 15.3. The third kappa shape index (κ3) is 4.45. The lowest BCUT2D eigenvalue weighted by Crippen LogP contribution is -2.17. The van der Waals surface area contributed by atoms with E-state index in [4.69, 9.17) is 10.2 Å². The molecular formula is C17H19FN2O. The lowest BCUT2D eigenvalue weighted by atomic mass is 10.1. The van der Waals surface area contributed by atoms with E-state index in [9.17, 15) is 4.39 Å². The monoisotopic (exact) mass is 286 g/mol. The van der Waals surface area contributed by atoms with E-state index in [2.05, 4.69) is 16.7 Å². The van der Waals surface area contributed by atoms with Crippen molar-refractivity contribution in [2.45, 2.75) is 20.0 Å². The van der Waals surface area contributed by atoms with Crippen LogP contribution in [0.4, 0.5) is 4.39 Å². The molecule has 0 atom stereocenters. The molecule has 110 valence electrons. The van der Waals surface area contributed by atoms with Gasteiger partial charge in [0.2, 0.25) is 0 Å². The summed E-state index contributed by atoms with van der Waals surface area (Å²) in [5.74, 6) is 6.24. The second-order valence-corrected chi connectivity index (χ2v) is 5.03. The van der Waals surface area contributed by atoms with E-state index < -0.39 is 0 Å². The predicted molar refractivity (Wildman–Crippen MR) is 80.9 cm³/mol. The molecule has 0 aliphatic carbocycles. The molecule has 0 aliphatic heterocycles. The number of hydrogen-bond donors (Lipinski definition) is 1. The van der Waals surface area contributed by atoms with Crippen molar-refractivity contribution in [3.8, 4) is 11.8 Å². The Labute approximate surface area is 124 Å². The summed E-state index contributed by atoms with van der Waals surface area (Å²) in [5.41, 5.74) is 8.02. The molecule has 2 aromatic rings. The minimum Gasteiger partial charge on any atom is -0.469 e. The molecule has 0 unspecified atom stereocenters. The Bertz CT molecular complexity index is 667. The standard InChI is InChI=1S/C17H19FN2O/c1-13-16(5-7-21-13)12-20(2)11-15-8-14(4-3-6-19)9-17(18)10-15/h5,7-10H,6,11-12,19H2,1-2H3. The summed E-state index contributed by atoms with van der Waals surface area (Å²) in [6.45, 7) is 3.60. The van der Waals surface area contributed by atoms with E-state index in [1.807, 2.05) is 26.1 Å². The van der Waals surface area contributed by atoms with Gasteiger partial charge in [0.05, 0.1) is 12.8 Å². The van der Waals surface area contributed by atoms with Crippen molar-refractivity contribution in [2.24, 2.45) is 5.73 Å². The Morgan fingerprint density at radius 1 is 1.29 bits per heavy atom. The summed E-state index contributed by atoms with van der Waals surface area (Å²) in [7, 11) is 1.99. The molecule has 0 radical (unpaired) electrons. The lowest BCUT2D eigenvalue weighted by molar-refractivity contribution is 0.316. The van der Waals surface area contributed by atoms with Crippen molar-refractivity contribution >= 4 is 0 Å². The maximum Gasteiger partial charge on any atom is 0.124 e. The van der Waals surface area contributed by atoms with Crippen molar-refractivity contribution < 1.29 is 8.81 Å². The van der Waals surface area contributed by atoms with Crippen LogP contribution in [0.3, 0.4) is 0 Å². The molecule has 0 bridgehead atoms. The first-order valence-corrected chi connectivity index (χ1v) is 6.78. The van der Waals surface area contributed by atoms with Crippen LogP contribution in [-0.4, -0.2) is 18.5 Å². The third-order valence-corrected chi connectivity index (χ3v) is 3.15. The number of halogens is 1. The zero-order chi connectivity index (χ0) is 15.2. The molecule has 1 heterocycles. The third-order valence-electron chi connectivity index (χ3n) is 3.15. The molecular weight excluding hydrogens is 267 g/mol. The molecule has 0 aliphatic rings. The van der Waals surface area contributed by atoms with Crippen LogP contribution in [0.5, 0.6) is 0 Å². The summed E-state index contributed by atoms with van der Waals surface area (Å²) < 4.78 is 18.9. The Balaban J connectivity index is 2.08. The van der Waals surface area contributed by atoms with Crippen LogP contribution in [0, 0.1) is 24.6 Å². The first-order chi connectivity index (χ1) is 10.1. The fraction of sp³-hybridized carbons (Fsp3) is 0.294. The van der Waals surface area contributed by atoms with Gasteiger partial charge in [0.25, 0.3) is 0 Å². The summed E-state index contributed by atoms with van der Waals surface area (Å²) in [4.78, 5) is 2.10. The Morgan fingerprint density at radius 2 is 2.10 bits per heavy atom. The average Bonchev–Trinajstić information content (AvgIpc) is 2.81. The highest BCUT2D eigenvalue weighted by Crippen LogP contribution is 2.15. The lowest BCUT2D eigenvalue weighted by Gasteiger charge is -2.16. The maximum absolute atomic E-state index is 13.6. The second-order valence-electron chi connectivity index (χ2n) is 5.03. The first-order valence-electron chi connectivity index (χ1n) is 6.78. The van der Waals surface area contributed by atoms with E-state index >= 15 is 0 Å². The maximum atomic E-state index is 13.6. The average molecular weight is 286 g/mol. The number of hydrogen-bond acceptors (Lipinski definition) is 3. The van der Waals surface area contributed by atoms with Gasteiger partial charge in [0.15, 0.2) is 0 Å². The summed E-state index contributed by atoms with van der Waals surface area (Å²) >= 11 is 0. The van der Waals surface area contributed by atoms with Gasteiger partial charge in [0, 0.05) is 24.2 Å². The van der Waals surface area contributed by atoms with Gasteiger partial charge < -0.3 is 10.2 Å². The van der Waals surface area contributed by atoms with Crippen molar-refractivity contribution in [2.75, 3.05) is 13.6 Å². The van der Waals surface area contributed by atoms with Crippen molar-refractivity contribution in [3.63, 3.8) is 0 Å². The largest absolute Gasteiger partial charge is 0.469 e. The molecule has 2 N–H and O–H groups in total. The molecule has 3 nitrogen and oxygen atoms in total. The van der Waals surface area contributed by atoms with Crippen LogP contribution in [0.1, 0.15) is 22.5 Å². The predicted octanol–water partition coefficient (Wildman–Crippen LogP) is 2.67.